The van der Waals surface area contributed by atoms with Gasteiger partial charge in [-0.1, -0.05) is 18.2 Å². The van der Waals surface area contributed by atoms with E-state index in [1.54, 1.807) is 11.3 Å². The second-order valence-corrected chi connectivity index (χ2v) is 7.55. The number of hydrogen-bond acceptors (Lipinski definition) is 4. The molecule has 0 spiro atoms. The van der Waals surface area contributed by atoms with E-state index in [2.05, 4.69) is 41.9 Å². The second-order valence-electron chi connectivity index (χ2n) is 6.66. The zero-order valence-electron chi connectivity index (χ0n) is 14.3. The molecule has 1 aromatic heterocycles. The van der Waals surface area contributed by atoms with E-state index in [-0.39, 0.29) is 6.42 Å². The molecule has 0 amide bonds. The lowest BCUT2D eigenvalue weighted by atomic mass is 9.96. The van der Waals surface area contributed by atoms with E-state index in [0.717, 1.165) is 37.5 Å². The van der Waals surface area contributed by atoms with Crippen LogP contribution in [0.25, 0.3) is 0 Å². The summed E-state index contributed by atoms with van der Waals surface area (Å²) in [7, 11) is 0. The molecule has 0 radical (unpaired) electrons. The summed E-state index contributed by atoms with van der Waals surface area (Å²) >= 11 is 1.61. The Morgan fingerprint density at radius 3 is 2.79 bits per heavy atom. The van der Waals surface area contributed by atoms with Gasteiger partial charge in [0.05, 0.1) is 17.1 Å². The van der Waals surface area contributed by atoms with Crippen molar-refractivity contribution < 1.29 is 9.90 Å². The molecule has 1 aliphatic rings. The predicted octanol–water partition coefficient (Wildman–Crippen LogP) is 3.77. The Hall–Kier alpha value is -1.72. The highest BCUT2D eigenvalue weighted by Crippen LogP contribution is 2.31. The summed E-state index contributed by atoms with van der Waals surface area (Å²) in [6.45, 7) is 7.54. The fourth-order valence-corrected chi connectivity index (χ4v) is 4.30. The lowest BCUT2D eigenvalue weighted by Gasteiger charge is -2.31. The standard InChI is InChI=1S/C19H24N2O2S/c1-13-4-3-5-16(14(13)2)11-21-8-6-15(7-9-21)19-20-17(12-24-19)10-18(22)23/h3-5,12,15H,6-11H2,1-2H3,(H,22,23). The van der Waals surface area contributed by atoms with Crippen molar-refractivity contribution in [2.24, 2.45) is 0 Å². The number of aryl methyl sites for hydroxylation is 1. The molecule has 3 rings (SSSR count). The molecular formula is C19H24N2O2S. The zero-order valence-corrected chi connectivity index (χ0v) is 15.1. The number of piperidine rings is 1. The van der Waals surface area contributed by atoms with Crippen LogP contribution >= 0.6 is 11.3 Å². The van der Waals surface area contributed by atoms with Crippen molar-refractivity contribution in [2.75, 3.05) is 13.1 Å². The van der Waals surface area contributed by atoms with Crippen molar-refractivity contribution in [1.29, 1.82) is 0 Å². The third-order valence-corrected chi connectivity index (χ3v) is 6.01. The first-order chi connectivity index (χ1) is 11.5. The number of carbonyl (C=O) groups is 1. The number of nitrogens with zero attached hydrogens (tertiary/aromatic N) is 2. The molecular weight excluding hydrogens is 320 g/mol. The number of rotatable bonds is 5. The maximum absolute atomic E-state index is 10.8. The molecule has 1 fully saturated rings. The Bertz CT molecular complexity index is 718. The van der Waals surface area contributed by atoms with Gasteiger partial charge in [-0.2, -0.15) is 0 Å². The molecule has 0 bridgehead atoms. The number of likely N-dealkylation sites (tertiary alicyclic amines) is 1. The fraction of sp³-hybridized carbons (Fsp3) is 0.474. The average molecular weight is 344 g/mol. The lowest BCUT2D eigenvalue weighted by molar-refractivity contribution is -0.136. The van der Waals surface area contributed by atoms with Gasteiger partial charge in [0, 0.05) is 17.8 Å². The lowest BCUT2D eigenvalue weighted by Crippen LogP contribution is -2.32. The number of aromatic nitrogens is 1. The predicted molar refractivity (Wildman–Crippen MR) is 96.6 cm³/mol. The molecule has 0 atom stereocenters. The largest absolute Gasteiger partial charge is 0.481 e. The van der Waals surface area contributed by atoms with Gasteiger partial charge in [-0.15, -0.1) is 11.3 Å². The molecule has 1 saturated heterocycles. The van der Waals surface area contributed by atoms with Crippen LogP contribution in [0.2, 0.25) is 0 Å². The highest BCUT2D eigenvalue weighted by Gasteiger charge is 2.23. The van der Waals surface area contributed by atoms with Gasteiger partial charge in [0.15, 0.2) is 0 Å². The van der Waals surface area contributed by atoms with Crippen LogP contribution in [-0.4, -0.2) is 34.0 Å². The highest BCUT2D eigenvalue weighted by molar-refractivity contribution is 7.09. The van der Waals surface area contributed by atoms with Crippen molar-refractivity contribution in [3.05, 3.63) is 51.0 Å². The summed E-state index contributed by atoms with van der Waals surface area (Å²) in [5.74, 6) is -0.331. The van der Waals surface area contributed by atoms with Gasteiger partial charge in [-0.05, 0) is 56.5 Å². The van der Waals surface area contributed by atoms with Gasteiger partial charge < -0.3 is 5.11 Å². The molecule has 1 aliphatic heterocycles. The van der Waals surface area contributed by atoms with Crippen molar-refractivity contribution in [3.8, 4) is 0 Å². The van der Waals surface area contributed by atoms with Gasteiger partial charge >= 0.3 is 5.97 Å². The minimum atomic E-state index is -0.810. The van der Waals surface area contributed by atoms with E-state index in [4.69, 9.17) is 5.11 Å². The molecule has 5 heteroatoms. The molecule has 1 N–H and O–H groups in total. The Balaban J connectivity index is 1.56. The summed E-state index contributed by atoms with van der Waals surface area (Å²) in [4.78, 5) is 17.8. The van der Waals surface area contributed by atoms with Gasteiger partial charge in [-0.3, -0.25) is 9.69 Å². The second kappa shape index (κ2) is 7.45. The number of aliphatic carboxylic acids is 1. The fourth-order valence-electron chi connectivity index (χ4n) is 3.31. The summed E-state index contributed by atoms with van der Waals surface area (Å²) in [5, 5.41) is 11.9. The number of benzene rings is 1. The van der Waals surface area contributed by atoms with Gasteiger partial charge in [0.2, 0.25) is 0 Å². The van der Waals surface area contributed by atoms with E-state index in [1.165, 1.54) is 16.7 Å². The Morgan fingerprint density at radius 2 is 2.08 bits per heavy atom. The van der Waals surface area contributed by atoms with Crippen LogP contribution in [-0.2, 0) is 17.8 Å². The molecule has 1 aromatic carbocycles. The highest BCUT2D eigenvalue weighted by atomic mass is 32.1. The normalized spacial score (nSPS) is 16.4. The van der Waals surface area contributed by atoms with Crippen LogP contribution in [0.15, 0.2) is 23.6 Å². The summed E-state index contributed by atoms with van der Waals surface area (Å²) in [5.41, 5.74) is 4.88. The quantitative estimate of drug-likeness (QED) is 0.897. The van der Waals surface area contributed by atoms with Crippen LogP contribution in [0, 0.1) is 13.8 Å². The Morgan fingerprint density at radius 1 is 1.33 bits per heavy atom. The summed E-state index contributed by atoms with van der Waals surface area (Å²) in [6, 6.07) is 6.54. The number of thiazole rings is 1. The first-order valence-electron chi connectivity index (χ1n) is 8.46. The average Bonchev–Trinajstić information content (AvgIpc) is 3.00. The molecule has 2 aromatic rings. The smallest absolute Gasteiger partial charge is 0.309 e. The van der Waals surface area contributed by atoms with Crippen LogP contribution in [0.1, 0.15) is 46.2 Å². The van der Waals surface area contributed by atoms with Gasteiger partial charge in [0.1, 0.15) is 0 Å². The molecule has 0 unspecified atom stereocenters. The topological polar surface area (TPSA) is 53.4 Å². The SMILES string of the molecule is Cc1cccc(CN2CCC(c3nc(CC(=O)O)cs3)CC2)c1C. The number of carboxylic acids is 1. The van der Waals surface area contributed by atoms with Gasteiger partial charge in [-0.25, -0.2) is 4.98 Å². The number of hydrogen-bond donors (Lipinski definition) is 1. The monoisotopic (exact) mass is 344 g/mol. The van der Waals surface area contributed by atoms with E-state index < -0.39 is 5.97 Å². The van der Waals surface area contributed by atoms with Crippen LogP contribution in [0.5, 0.6) is 0 Å². The number of carboxylic acid groups (broad SMARTS) is 1. The Labute approximate surface area is 147 Å². The van der Waals surface area contributed by atoms with E-state index >= 15 is 0 Å². The van der Waals surface area contributed by atoms with Crippen molar-refractivity contribution in [1.82, 2.24) is 9.88 Å². The van der Waals surface area contributed by atoms with Crippen molar-refractivity contribution >= 4 is 17.3 Å². The third kappa shape index (κ3) is 4.02. The molecule has 24 heavy (non-hydrogen) atoms. The zero-order chi connectivity index (χ0) is 17.1. The first kappa shape index (κ1) is 17.1. The summed E-state index contributed by atoms with van der Waals surface area (Å²) < 4.78 is 0. The van der Waals surface area contributed by atoms with Crippen molar-refractivity contribution in [2.45, 2.75) is 45.6 Å². The molecule has 0 saturated carbocycles. The van der Waals surface area contributed by atoms with Crippen LogP contribution in [0.4, 0.5) is 0 Å². The molecule has 128 valence electrons. The maximum atomic E-state index is 10.8. The first-order valence-corrected chi connectivity index (χ1v) is 9.34. The summed E-state index contributed by atoms with van der Waals surface area (Å²) in [6.07, 6.45) is 2.23. The van der Waals surface area contributed by atoms with E-state index in [1.807, 2.05) is 5.38 Å². The molecule has 4 nitrogen and oxygen atoms in total. The van der Waals surface area contributed by atoms with Crippen LogP contribution in [0.3, 0.4) is 0 Å². The van der Waals surface area contributed by atoms with E-state index in [9.17, 15) is 4.79 Å². The molecule has 2 heterocycles. The minimum absolute atomic E-state index is 0.0297. The van der Waals surface area contributed by atoms with Gasteiger partial charge in [0.25, 0.3) is 0 Å². The maximum Gasteiger partial charge on any atom is 0.309 e. The van der Waals surface area contributed by atoms with Crippen molar-refractivity contribution in [3.63, 3.8) is 0 Å². The molecule has 0 aliphatic carbocycles. The third-order valence-electron chi connectivity index (χ3n) is 4.95. The minimum Gasteiger partial charge on any atom is -0.481 e. The van der Waals surface area contributed by atoms with Crippen LogP contribution < -0.4 is 0 Å². The van der Waals surface area contributed by atoms with E-state index in [0.29, 0.717) is 11.6 Å². The Kier molecular flexibility index (Phi) is 5.31.